The van der Waals surface area contributed by atoms with Crippen LogP contribution in [0.2, 0.25) is 0 Å². The Kier molecular flexibility index (Phi) is 6.56. The van der Waals surface area contributed by atoms with Gasteiger partial charge in [-0.05, 0) is 61.6 Å². The summed E-state index contributed by atoms with van der Waals surface area (Å²) in [5.74, 6) is 0.655. The Morgan fingerprint density at radius 3 is 2.65 bits per heavy atom. The standard InChI is InChI=1S/C25H28N4OS/c1-4-5-8-19-10-12-20(13-11-19)26-23(30)14-15-31-25-28-27-22-16-18(3)21-9-6-7-17(2)24(21)29(22)25/h6-7,9-13,16H,4-5,8,14-15H2,1-3H3,(H,26,30). The number of carbonyl (C=O) groups excluding carboxylic acids is 1. The Labute approximate surface area is 187 Å². The molecule has 0 unspecified atom stereocenters. The van der Waals surface area contributed by atoms with Gasteiger partial charge >= 0.3 is 0 Å². The van der Waals surface area contributed by atoms with Gasteiger partial charge in [-0.25, -0.2) is 0 Å². The quantitative estimate of drug-likeness (QED) is 0.349. The number of unbranched alkanes of at least 4 members (excludes halogenated alkanes) is 1. The largest absolute Gasteiger partial charge is 0.326 e. The first-order valence-corrected chi connectivity index (χ1v) is 11.8. The lowest BCUT2D eigenvalue weighted by Gasteiger charge is -2.10. The van der Waals surface area contributed by atoms with E-state index in [1.165, 1.54) is 34.9 Å². The Bertz CT molecular complexity index is 1210. The minimum atomic E-state index is 0.0134. The molecule has 0 atom stereocenters. The van der Waals surface area contributed by atoms with Crippen molar-refractivity contribution in [3.8, 4) is 0 Å². The van der Waals surface area contributed by atoms with Crippen LogP contribution in [0.3, 0.4) is 0 Å². The van der Waals surface area contributed by atoms with Gasteiger partial charge in [0.05, 0.1) is 5.52 Å². The van der Waals surface area contributed by atoms with E-state index in [1.54, 1.807) is 11.8 Å². The smallest absolute Gasteiger partial charge is 0.225 e. The van der Waals surface area contributed by atoms with Gasteiger partial charge in [-0.3, -0.25) is 9.20 Å². The molecule has 2 aromatic carbocycles. The van der Waals surface area contributed by atoms with Gasteiger partial charge in [0.25, 0.3) is 0 Å². The van der Waals surface area contributed by atoms with Crippen LogP contribution >= 0.6 is 11.8 Å². The second-order valence-electron chi connectivity index (χ2n) is 7.92. The van der Waals surface area contributed by atoms with Gasteiger partial charge in [0, 0.05) is 23.2 Å². The molecule has 5 nitrogen and oxygen atoms in total. The molecule has 4 rings (SSSR count). The molecule has 1 amide bonds. The number of rotatable bonds is 8. The number of hydrogen-bond donors (Lipinski definition) is 1. The second kappa shape index (κ2) is 9.52. The molecule has 160 valence electrons. The molecule has 0 saturated carbocycles. The fourth-order valence-corrected chi connectivity index (χ4v) is 4.70. The van der Waals surface area contributed by atoms with E-state index in [4.69, 9.17) is 0 Å². The molecule has 6 heteroatoms. The first kappa shape index (κ1) is 21.4. The Hall–Kier alpha value is -2.86. The van der Waals surface area contributed by atoms with Crippen LogP contribution in [0.1, 0.15) is 42.9 Å². The van der Waals surface area contributed by atoms with Gasteiger partial charge < -0.3 is 5.32 Å². The summed E-state index contributed by atoms with van der Waals surface area (Å²) in [6.45, 7) is 6.40. The third-order valence-electron chi connectivity index (χ3n) is 5.51. The number of thioether (sulfide) groups is 1. The highest BCUT2D eigenvalue weighted by Crippen LogP contribution is 2.28. The Morgan fingerprint density at radius 1 is 1.06 bits per heavy atom. The van der Waals surface area contributed by atoms with E-state index in [-0.39, 0.29) is 5.91 Å². The molecular weight excluding hydrogens is 404 g/mol. The summed E-state index contributed by atoms with van der Waals surface area (Å²) in [6, 6.07) is 16.5. The van der Waals surface area contributed by atoms with Gasteiger partial charge in [-0.15, -0.1) is 10.2 Å². The van der Waals surface area contributed by atoms with E-state index in [2.05, 4.69) is 77.1 Å². The third kappa shape index (κ3) is 4.74. The summed E-state index contributed by atoms with van der Waals surface area (Å²) in [5, 5.41) is 13.8. The molecule has 0 saturated heterocycles. The molecule has 0 bridgehead atoms. The maximum absolute atomic E-state index is 12.4. The number of anilines is 1. The zero-order valence-corrected chi connectivity index (χ0v) is 19.1. The number of amides is 1. The molecule has 2 heterocycles. The lowest BCUT2D eigenvalue weighted by Crippen LogP contribution is -2.12. The van der Waals surface area contributed by atoms with Crippen molar-refractivity contribution in [3.63, 3.8) is 0 Å². The predicted octanol–water partition coefficient (Wildman–Crippen LogP) is 5.96. The van der Waals surface area contributed by atoms with Crippen molar-refractivity contribution in [1.82, 2.24) is 14.6 Å². The summed E-state index contributed by atoms with van der Waals surface area (Å²) in [4.78, 5) is 12.4. The van der Waals surface area contributed by atoms with E-state index in [0.717, 1.165) is 28.4 Å². The van der Waals surface area contributed by atoms with Crippen molar-refractivity contribution < 1.29 is 4.79 Å². The van der Waals surface area contributed by atoms with Crippen LogP contribution in [0.5, 0.6) is 0 Å². The molecule has 0 radical (unpaired) electrons. The first-order chi connectivity index (χ1) is 15.1. The average molecular weight is 433 g/mol. The van der Waals surface area contributed by atoms with Gasteiger partial charge in [-0.2, -0.15) is 0 Å². The van der Waals surface area contributed by atoms with Crippen LogP contribution in [-0.4, -0.2) is 26.3 Å². The topological polar surface area (TPSA) is 59.3 Å². The number of hydrogen-bond acceptors (Lipinski definition) is 4. The number of aryl methyl sites for hydroxylation is 3. The minimum absolute atomic E-state index is 0.0134. The van der Waals surface area contributed by atoms with Crippen molar-refractivity contribution >= 4 is 39.9 Å². The molecule has 31 heavy (non-hydrogen) atoms. The van der Waals surface area contributed by atoms with E-state index < -0.39 is 0 Å². The van der Waals surface area contributed by atoms with Gasteiger partial charge in [0.15, 0.2) is 10.8 Å². The summed E-state index contributed by atoms with van der Waals surface area (Å²) in [7, 11) is 0. The zero-order valence-electron chi connectivity index (χ0n) is 18.3. The summed E-state index contributed by atoms with van der Waals surface area (Å²) in [6.07, 6.45) is 3.88. The Balaban J connectivity index is 1.41. The normalized spacial score (nSPS) is 11.3. The van der Waals surface area contributed by atoms with Crippen LogP contribution in [0.4, 0.5) is 5.69 Å². The van der Waals surface area contributed by atoms with Crippen molar-refractivity contribution in [2.24, 2.45) is 0 Å². The van der Waals surface area contributed by atoms with E-state index in [0.29, 0.717) is 12.2 Å². The summed E-state index contributed by atoms with van der Waals surface area (Å²) < 4.78 is 2.11. The molecule has 0 aliphatic heterocycles. The summed E-state index contributed by atoms with van der Waals surface area (Å²) >= 11 is 1.56. The number of carbonyl (C=O) groups is 1. The number of benzene rings is 2. The lowest BCUT2D eigenvalue weighted by atomic mass is 10.1. The molecule has 0 fully saturated rings. The molecule has 2 aromatic heterocycles. The molecular formula is C25H28N4OS. The van der Waals surface area contributed by atoms with Crippen LogP contribution in [0, 0.1) is 13.8 Å². The van der Waals surface area contributed by atoms with E-state index in [9.17, 15) is 4.79 Å². The number of para-hydroxylation sites is 1. The molecule has 4 aromatic rings. The maximum atomic E-state index is 12.4. The number of nitrogens with zero attached hydrogens (tertiary/aromatic N) is 3. The molecule has 0 spiro atoms. The highest BCUT2D eigenvalue weighted by Gasteiger charge is 2.13. The Morgan fingerprint density at radius 2 is 1.87 bits per heavy atom. The molecule has 0 aliphatic carbocycles. The van der Waals surface area contributed by atoms with Crippen LogP contribution in [0.15, 0.2) is 53.7 Å². The summed E-state index contributed by atoms with van der Waals surface area (Å²) in [5.41, 5.74) is 6.52. The maximum Gasteiger partial charge on any atom is 0.225 e. The highest BCUT2D eigenvalue weighted by molar-refractivity contribution is 7.99. The van der Waals surface area contributed by atoms with Crippen LogP contribution in [-0.2, 0) is 11.2 Å². The van der Waals surface area contributed by atoms with Crippen molar-refractivity contribution in [3.05, 3.63) is 65.2 Å². The molecule has 1 N–H and O–H groups in total. The van der Waals surface area contributed by atoms with Crippen LogP contribution in [0.25, 0.3) is 16.6 Å². The number of nitrogens with one attached hydrogen (secondary N) is 1. The number of aromatic nitrogens is 3. The zero-order chi connectivity index (χ0) is 21.8. The fourth-order valence-electron chi connectivity index (χ4n) is 3.82. The van der Waals surface area contributed by atoms with Crippen molar-refractivity contribution in [2.75, 3.05) is 11.1 Å². The van der Waals surface area contributed by atoms with Crippen LogP contribution < -0.4 is 5.32 Å². The van der Waals surface area contributed by atoms with Gasteiger partial charge in [-0.1, -0.05) is 55.4 Å². The predicted molar refractivity (Wildman–Crippen MR) is 129 cm³/mol. The first-order valence-electron chi connectivity index (χ1n) is 10.8. The highest BCUT2D eigenvalue weighted by atomic mass is 32.2. The second-order valence-corrected chi connectivity index (χ2v) is 8.98. The lowest BCUT2D eigenvalue weighted by molar-refractivity contribution is -0.115. The van der Waals surface area contributed by atoms with Gasteiger partial charge in [0.2, 0.25) is 5.91 Å². The average Bonchev–Trinajstić information content (AvgIpc) is 3.16. The molecule has 0 aliphatic rings. The minimum Gasteiger partial charge on any atom is -0.326 e. The van der Waals surface area contributed by atoms with Crippen molar-refractivity contribution in [1.29, 1.82) is 0 Å². The third-order valence-corrected chi connectivity index (χ3v) is 6.44. The monoisotopic (exact) mass is 432 g/mol. The van der Waals surface area contributed by atoms with Crippen molar-refractivity contribution in [2.45, 2.75) is 51.6 Å². The SMILES string of the molecule is CCCCc1ccc(NC(=O)CCSc2nnc3cc(C)c4cccc(C)c4n23)cc1. The van der Waals surface area contributed by atoms with E-state index in [1.807, 2.05) is 12.1 Å². The number of fused-ring (bicyclic) bond motifs is 3. The van der Waals surface area contributed by atoms with E-state index >= 15 is 0 Å². The van der Waals surface area contributed by atoms with Gasteiger partial charge in [0.1, 0.15) is 0 Å². The fraction of sp³-hybridized carbons (Fsp3) is 0.320. The number of pyridine rings is 1.